The Kier molecular flexibility index (Phi) is 6.04. The van der Waals surface area contributed by atoms with Crippen LogP contribution in [-0.4, -0.2) is 42.0 Å². The van der Waals surface area contributed by atoms with Crippen molar-refractivity contribution >= 4 is 23.3 Å². The molecule has 1 N–H and O–H groups in total. The highest BCUT2D eigenvalue weighted by Crippen LogP contribution is 2.08. The number of carbonyl (C=O) groups excluding carboxylic acids is 1. The first-order valence-corrected chi connectivity index (χ1v) is 7.85. The minimum atomic E-state index is -0.0391. The molecular weight excluding hydrogens is 258 g/mol. The van der Waals surface area contributed by atoms with E-state index < -0.39 is 0 Å². The quantitative estimate of drug-likeness (QED) is 0.840. The summed E-state index contributed by atoms with van der Waals surface area (Å²) in [4.78, 5) is 18.1. The van der Waals surface area contributed by atoms with Gasteiger partial charge in [-0.2, -0.15) is 0 Å². The van der Waals surface area contributed by atoms with Gasteiger partial charge in [0.1, 0.15) is 0 Å². The smallest absolute Gasteiger partial charge is 0.244 e. The number of likely N-dealkylation sites (tertiary alicyclic amines) is 1. The first-order chi connectivity index (χ1) is 9.34. The highest BCUT2D eigenvalue weighted by Gasteiger charge is 2.08. The molecule has 4 nitrogen and oxygen atoms in total. The number of nitrogens with one attached hydrogen (secondary N) is 1. The number of hydrogen-bond donors (Lipinski definition) is 1. The number of hydrogen-bond acceptors (Lipinski definition) is 4. The van der Waals surface area contributed by atoms with Crippen molar-refractivity contribution in [2.24, 2.45) is 0 Å². The van der Waals surface area contributed by atoms with Crippen LogP contribution in [0.4, 0.5) is 0 Å². The van der Waals surface area contributed by atoms with Crippen LogP contribution >= 0.6 is 11.3 Å². The van der Waals surface area contributed by atoms with Crippen molar-refractivity contribution < 1.29 is 4.79 Å². The molecule has 0 unspecified atom stereocenters. The fourth-order valence-corrected chi connectivity index (χ4v) is 2.74. The summed E-state index contributed by atoms with van der Waals surface area (Å²) in [5, 5.41) is 4.84. The van der Waals surface area contributed by atoms with Gasteiger partial charge in [0.05, 0.1) is 11.2 Å². The van der Waals surface area contributed by atoms with E-state index in [0.717, 1.165) is 18.8 Å². The van der Waals surface area contributed by atoms with Gasteiger partial charge in [0.15, 0.2) is 0 Å². The second-order valence-electron chi connectivity index (χ2n) is 4.79. The normalized spacial score (nSPS) is 17.5. The second-order valence-corrected chi connectivity index (χ2v) is 5.51. The van der Waals surface area contributed by atoms with E-state index in [2.05, 4.69) is 15.2 Å². The van der Waals surface area contributed by atoms with E-state index in [1.165, 1.54) is 50.1 Å². The number of carbonyl (C=O) groups is 1. The number of rotatable bonds is 5. The molecular formula is C14H21N3OS. The minimum absolute atomic E-state index is 0.0391. The molecule has 0 spiro atoms. The molecule has 0 saturated carbocycles. The molecule has 2 rings (SSSR count). The van der Waals surface area contributed by atoms with Crippen LogP contribution in [0.2, 0.25) is 0 Å². The average molecular weight is 279 g/mol. The van der Waals surface area contributed by atoms with E-state index in [0.29, 0.717) is 0 Å². The second kappa shape index (κ2) is 8.07. The highest BCUT2D eigenvalue weighted by molar-refractivity contribution is 7.07. The third-order valence-corrected chi connectivity index (χ3v) is 3.89. The van der Waals surface area contributed by atoms with Crippen LogP contribution in [0.15, 0.2) is 17.0 Å². The van der Waals surface area contributed by atoms with Crippen LogP contribution < -0.4 is 5.32 Å². The SMILES string of the molecule is O=C(C=Cc1cscn1)NCCN1CCCCCC1. The summed E-state index contributed by atoms with van der Waals surface area (Å²) in [6.07, 6.45) is 8.57. The molecule has 1 amide bonds. The van der Waals surface area contributed by atoms with Gasteiger partial charge < -0.3 is 10.2 Å². The van der Waals surface area contributed by atoms with Crippen LogP contribution in [0.3, 0.4) is 0 Å². The summed E-state index contributed by atoms with van der Waals surface area (Å²) in [5.74, 6) is -0.0391. The van der Waals surface area contributed by atoms with Crippen molar-refractivity contribution in [2.75, 3.05) is 26.2 Å². The van der Waals surface area contributed by atoms with Gasteiger partial charge in [0, 0.05) is 24.5 Å². The molecule has 0 radical (unpaired) electrons. The largest absolute Gasteiger partial charge is 0.351 e. The zero-order valence-corrected chi connectivity index (χ0v) is 12.0. The molecule has 1 aromatic rings. The van der Waals surface area contributed by atoms with Crippen molar-refractivity contribution in [3.63, 3.8) is 0 Å². The van der Waals surface area contributed by atoms with Gasteiger partial charge in [-0.25, -0.2) is 4.98 Å². The molecule has 1 aliphatic heterocycles. The molecule has 5 heteroatoms. The lowest BCUT2D eigenvalue weighted by Crippen LogP contribution is -2.34. The van der Waals surface area contributed by atoms with E-state index in [1.807, 2.05) is 5.38 Å². The van der Waals surface area contributed by atoms with Crippen molar-refractivity contribution in [3.05, 3.63) is 22.7 Å². The molecule has 2 heterocycles. The van der Waals surface area contributed by atoms with Gasteiger partial charge in [0.2, 0.25) is 5.91 Å². The Balaban J connectivity index is 1.63. The molecule has 1 aromatic heterocycles. The Labute approximate surface area is 118 Å². The Bertz CT molecular complexity index is 395. The topological polar surface area (TPSA) is 45.2 Å². The van der Waals surface area contributed by atoms with Gasteiger partial charge >= 0.3 is 0 Å². The van der Waals surface area contributed by atoms with Crippen molar-refractivity contribution in [1.82, 2.24) is 15.2 Å². The van der Waals surface area contributed by atoms with Gasteiger partial charge in [-0.3, -0.25) is 4.79 Å². The minimum Gasteiger partial charge on any atom is -0.351 e. The number of nitrogens with zero attached hydrogens (tertiary/aromatic N) is 2. The standard InChI is InChI=1S/C14H21N3OS/c18-14(6-5-13-11-19-12-16-13)15-7-10-17-8-3-1-2-4-9-17/h5-6,11-12H,1-4,7-10H2,(H,15,18). The number of amides is 1. The summed E-state index contributed by atoms with van der Waals surface area (Å²) in [7, 11) is 0. The van der Waals surface area contributed by atoms with Crippen LogP contribution in [-0.2, 0) is 4.79 Å². The van der Waals surface area contributed by atoms with Crippen molar-refractivity contribution in [3.8, 4) is 0 Å². The molecule has 1 aliphatic rings. The van der Waals surface area contributed by atoms with E-state index in [4.69, 9.17) is 0 Å². The predicted octanol–water partition coefficient (Wildman–Crippen LogP) is 2.15. The summed E-state index contributed by atoms with van der Waals surface area (Å²) in [6, 6.07) is 0. The van der Waals surface area contributed by atoms with Crippen molar-refractivity contribution in [1.29, 1.82) is 0 Å². The third-order valence-electron chi connectivity index (χ3n) is 3.28. The lowest BCUT2D eigenvalue weighted by atomic mass is 10.2. The molecule has 1 fully saturated rings. The summed E-state index contributed by atoms with van der Waals surface area (Å²) >= 11 is 1.53. The third kappa shape index (κ3) is 5.53. The van der Waals surface area contributed by atoms with E-state index in [9.17, 15) is 4.79 Å². The molecule has 0 aromatic carbocycles. The maximum atomic E-state index is 11.6. The van der Waals surface area contributed by atoms with Crippen LogP contribution in [0.1, 0.15) is 31.4 Å². The van der Waals surface area contributed by atoms with E-state index >= 15 is 0 Å². The summed E-state index contributed by atoms with van der Waals surface area (Å²) in [6.45, 7) is 4.02. The van der Waals surface area contributed by atoms with Gasteiger partial charge in [-0.05, 0) is 32.0 Å². The summed E-state index contributed by atoms with van der Waals surface area (Å²) < 4.78 is 0. The molecule has 0 aliphatic carbocycles. The first-order valence-electron chi connectivity index (χ1n) is 6.91. The Morgan fingerprint density at radius 1 is 1.37 bits per heavy atom. The Morgan fingerprint density at radius 3 is 2.84 bits per heavy atom. The Hall–Kier alpha value is -1.20. The number of aromatic nitrogens is 1. The average Bonchev–Trinajstić information content (AvgIpc) is 2.80. The van der Waals surface area contributed by atoms with Crippen molar-refractivity contribution in [2.45, 2.75) is 25.7 Å². The van der Waals surface area contributed by atoms with Gasteiger partial charge in [-0.1, -0.05) is 12.8 Å². The molecule has 0 bridgehead atoms. The van der Waals surface area contributed by atoms with Crippen LogP contribution in [0, 0.1) is 0 Å². The zero-order valence-electron chi connectivity index (χ0n) is 11.2. The lowest BCUT2D eigenvalue weighted by molar-refractivity contribution is -0.116. The monoisotopic (exact) mass is 279 g/mol. The highest BCUT2D eigenvalue weighted by atomic mass is 32.1. The summed E-state index contributed by atoms with van der Waals surface area (Å²) in [5.41, 5.74) is 2.60. The lowest BCUT2D eigenvalue weighted by Gasteiger charge is -2.19. The Morgan fingerprint density at radius 2 is 2.16 bits per heavy atom. The number of thiazole rings is 1. The molecule has 104 valence electrons. The molecule has 0 atom stereocenters. The van der Waals surface area contributed by atoms with Crippen LogP contribution in [0.25, 0.3) is 6.08 Å². The predicted molar refractivity (Wildman–Crippen MR) is 79.1 cm³/mol. The fourth-order valence-electron chi connectivity index (χ4n) is 2.22. The molecule has 1 saturated heterocycles. The zero-order chi connectivity index (χ0) is 13.3. The maximum absolute atomic E-state index is 11.6. The van der Waals surface area contributed by atoms with E-state index in [1.54, 1.807) is 17.7 Å². The molecule has 19 heavy (non-hydrogen) atoms. The maximum Gasteiger partial charge on any atom is 0.244 e. The van der Waals surface area contributed by atoms with Gasteiger partial charge in [-0.15, -0.1) is 11.3 Å². The van der Waals surface area contributed by atoms with Crippen LogP contribution in [0.5, 0.6) is 0 Å². The van der Waals surface area contributed by atoms with Gasteiger partial charge in [0.25, 0.3) is 0 Å². The fraction of sp³-hybridized carbons (Fsp3) is 0.571. The van der Waals surface area contributed by atoms with E-state index in [-0.39, 0.29) is 5.91 Å². The first kappa shape index (κ1) is 14.2.